The van der Waals surface area contributed by atoms with Crippen molar-refractivity contribution in [3.8, 4) is 0 Å². The molecule has 2 fully saturated rings. The van der Waals surface area contributed by atoms with Gasteiger partial charge >= 0.3 is 0 Å². The number of benzene rings is 1. The molecule has 2 atom stereocenters. The van der Waals surface area contributed by atoms with Crippen LogP contribution in [-0.4, -0.2) is 43.0 Å². The molecule has 2 heterocycles. The summed E-state index contributed by atoms with van der Waals surface area (Å²) in [5.41, 5.74) is 3.04. The van der Waals surface area contributed by atoms with Gasteiger partial charge in [-0.1, -0.05) is 0 Å². The maximum absolute atomic E-state index is 11.7. The van der Waals surface area contributed by atoms with E-state index in [0.717, 1.165) is 17.2 Å². The molecular weight excluding hydrogens is 262 g/mol. The van der Waals surface area contributed by atoms with Gasteiger partial charge in [0.05, 0.1) is 0 Å². The fourth-order valence-electron chi connectivity index (χ4n) is 3.69. The van der Waals surface area contributed by atoms with Crippen LogP contribution in [-0.2, 0) is 0 Å². The highest BCUT2D eigenvalue weighted by molar-refractivity contribution is 5.94. The first-order chi connectivity index (χ1) is 10.2. The average molecular weight is 287 g/mol. The van der Waals surface area contributed by atoms with Gasteiger partial charge in [-0.15, -0.1) is 0 Å². The van der Waals surface area contributed by atoms with Crippen LogP contribution < -0.4 is 10.6 Å². The SMILES string of the molecule is CNC(=O)c1ccc(NC2CCN3CCCC3C2)c(C)c1. The summed E-state index contributed by atoms with van der Waals surface area (Å²) in [6.07, 6.45) is 5.17. The Morgan fingerprint density at radius 2 is 2.14 bits per heavy atom. The third-order valence-electron chi connectivity index (χ3n) is 4.90. The van der Waals surface area contributed by atoms with E-state index in [1.165, 1.54) is 44.5 Å². The zero-order chi connectivity index (χ0) is 14.8. The van der Waals surface area contributed by atoms with Crippen LogP contribution in [0.3, 0.4) is 0 Å². The van der Waals surface area contributed by atoms with Crippen molar-refractivity contribution in [3.63, 3.8) is 0 Å². The van der Waals surface area contributed by atoms with Gasteiger partial charge in [0.1, 0.15) is 0 Å². The first kappa shape index (κ1) is 14.4. The molecule has 2 saturated heterocycles. The molecule has 2 N–H and O–H groups in total. The number of carbonyl (C=O) groups is 1. The largest absolute Gasteiger partial charge is 0.382 e. The molecule has 3 rings (SSSR count). The number of piperidine rings is 1. The topological polar surface area (TPSA) is 44.4 Å². The van der Waals surface area contributed by atoms with Crippen molar-refractivity contribution in [1.82, 2.24) is 10.2 Å². The molecule has 4 nitrogen and oxygen atoms in total. The number of amides is 1. The lowest BCUT2D eigenvalue weighted by Crippen LogP contribution is -2.42. The second-order valence-electron chi connectivity index (χ2n) is 6.31. The maximum Gasteiger partial charge on any atom is 0.251 e. The molecule has 2 aliphatic rings. The maximum atomic E-state index is 11.7. The first-order valence-electron chi connectivity index (χ1n) is 8.00. The van der Waals surface area contributed by atoms with E-state index < -0.39 is 0 Å². The van der Waals surface area contributed by atoms with E-state index in [1.807, 2.05) is 18.2 Å². The van der Waals surface area contributed by atoms with Crippen LogP contribution >= 0.6 is 0 Å². The summed E-state index contributed by atoms with van der Waals surface area (Å²) in [4.78, 5) is 14.3. The fourth-order valence-corrected chi connectivity index (χ4v) is 3.69. The van der Waals surface area contributed by atoms with Crippen molar-refractivity contribution in [3.05, 3.63) is 29.3 Å². The Balaban J connectivity index is 1.66. The number of carbonyl (C=O) groups excluding carboxylic acids is 1. The molecule has 2 aliphatic heterocycles. The minimum Gasteiger partial charge on any atom is -0.382 e. The summed E-state index contributed by atoms with van der Waals surface area (Å²) < 4.78 is 0. The Labute approximate surface area is 126 Å². The van der Waals surface area contributed by atoms with Crippen LogP contribution in [0.25, 0.3) is 0 Å². The van der Waals surface area contributed by atoms with Crippen LogP contribution in [0.2, 0.25) is 0 Å². The highest BCUT2D eigenvalue weighted by Crippen LogP contribution is 2.29. The van der Waals surface area contributed by atoms with Crippen molar-refractivity contribution in [2.75, 3.05) is 25.5 Å². The number of aryl methyl sites for hydroxylation is 1. The van der Waals surface area contributed by atoms with E-state index in [-0.39, 0.29) is 5.91 Å². The zero-order valence-corrected chi connectivity index (χ0v) is 13.0. The predicted octanol–water partition coefficient (Wildman–Crippen LogP) is 2.39. The van der Waals surface area contributed by atoms with Gasteiger partial charge in [0.15, 0.2) is 0 Å². The van der Waals surface area contributed by atoms with E-state index in [4.69, 9.17) is 0 Å². The molecule has 1 amide bonds. The highest BCUT2D eigenvalue weighted by Gasteiger charge is 2.31. The van der Waals surface area contributed by atoms with E-state index in [1.54, 1.807) is 7.05 Å². The third kappa shape index (κ3) is 3.05. The second kappa shape index (κ2) is 6.06. The number of fused-ring (bicyclic) bond motifs is 1. The molecule has 0 saturated carbocycles. The number of nitrogens with one attached hydrogen (secondary N) is 2. The first-order valence-corrected chi connectivity index (χ1v) is 8.00. The Hall–Kier alpha value is -1.55. The molecule has 0 radical (unpaired) electrons. The monoisotopic (exact) mass is 287 g/mol. The zero-order valence-electron chi connectivity index (χ0n) is 13.0. The van der Waals surface area contributed by atoms with Gasteiger partial charge in [0.2, 0.25) is 0 Å². The van der Waals surface area contributed by atoms with E-state index in [9.17, 15) is 4.79 Å². The molecule has 1 aromatic rings. The molecule has 1 aromatic carbocycles. The number of hydrogen-bond donors (Lipinski definition) is 2. The van der Waals surface area contributed by atoms with Gasteiger partial charge in [-0.05, 0) is 62.9 Å². The van der Waals surface area contributed by atoms with Gasteiger partial charge in [-0.25, -0.2) is 0 Å². The molecule has 21 heavy (non-hydrogen) atoms. The van der Waals surface area contributed by atoms with Crippen LogP contribution in [0, 0.1) is 6.92 Å². The van der Waals surface area contributed by atoms with Gasteiger partial charge in [0.25, 0.3) is 5.91 Å². The van der Waals surface area contributed by atoms with Crippen LogP contribution in [0.5, 0.6) is 0 Å². The number of hydrogen-bond acceptors (Lipinski definition) is 3. The predicted molar refractivity (Wildman–Crippen MR) is 85.8 cm³/mol. The summed E-state index contributed by atoms with van der Waals surface area (Å²) in [5, 5.41) is 6.36. The third-order valence-corrected chi connectivity index (χ3v) is 4.90. The molecule has 0 aromatic heterocycles. The molecule has 114 valence electrons. The number of anilines is 1. The summed E-state index contributed by atoms with van der Waals surface area (Å²) in [6, 6.07) is 7.25. The van der Waals surface area contributed by atoms with Crippen LogP contribution in [0.15, 0.2) is 18.2 Å². The van der Waals surface area contributed by atoms with Gasteiger partial charge < -0.3 is 15.5 Å². The van der Waals surface area contributed by atoms with Crippen molar-refractivity contribution in [2.24, 2.45) is 0 Å². The van der Waals surface area contributed by atoms with E-state index in [0.29, 0.717) is 6.04 Å². The standard InChI is InChI=1S/C17H25N3O/c1-12-10-13(17(21)18-2)5-6-16(12)19-14-7-9-20-8-3-4-15(20)11-14/h5-6,10,14-15,19H,3-4,7-9,11H2,1-2H3,(H,18,21). The number of rotatable bonds is 3. The van der Waals surface area contributed by atoms with Crippen molar-refractivity contribution in [2.45, 2.75) is 44.7 Å². The molecule has 4 heteroatoms. The van der Waals surface area contributed by atoms with E-state index in [2.05, 4.69) is 22.5 Å². The van der Waals surface area contributed by atoms with E-state index >= 15 is 0 Å². The van der Waals surface area contributed by atoms with Crippen LogP contribution in [0.4, 0.5) is 5.69 Å². The highest BCUT2D eigenvalue weighted by atomic mass is 16.1. The molecule has 0 spiro atoms. The molecule has 2 unspecified atom stereocenters. The molecule has 0 bridgehead atoms. The van der Waals surface area contributed by atoms with Gasteiger partial charge in [-0.3, -0.25) is 4.79 Å². The lowest BCUT2D eigenvalue weighted by molar-refractivity contribution is 0.0963. The summed E-state index contributed by atoms with van der Waals surface area (Å²) in [6.45, 7) is 4.58. The summed E-state index contributed by atoms with van der Waals surface area (Å²) in [7, 11) is 1.67. The molecule has 0 aliphatic carbocycles. The minimum atomic E-state index is -0.0242. The summed E-state index contributed by atoms with van der Waals surface area (Å²) in [5.74, 6) is -0.0242. The van der Waals surface area contributed by atoms with Gasteiger partial charge in [0, 0.05) is 36.9 Å². The normalized spacial score (nSPS) is 25.4. The smallest absolute Gasteiger partial charge is 0.251 e. The number of nitrogens with zero attached hydrogens (tertiary/aromatic N) is 1. The van der Waals surface area contributed by atoms with Crippen molar-refractivity contribution in [1.29, 1.82) is 0 Å². The van der Waals surface area contributed by atoms with Crippen molar-refractivity contribution < 1.29 is 4.79 Å². The Morgan fingerprint density at radius 1 is 1.29 bits per heavy atom. The van der Waals surface area contributed by atoms with Crippen molar-refractivity contribution >= 4 is 11.6 Å². The molecular formula is C17H25N3O. The Bertz CT molecular complexity index is 529. The minimum absolute atomic E-state index is 0.0242. The fraction of sp³-hybridized carbons (Fsp3) is 0.588. The van der Waals surface area contributed by atoms with Crippen LogP contribution in [0.1, 0.15) is 41.6 Å². The quantitative estimate of drug-likeness (QED) is 0.897. The van der Waals surface area contributed by atoms with Gasteiger partial charge in [-0.2, -0.15) is 0 Å². The summed E-state index contributed by atoms with van der Waals surface area (Å²) >= 11 is 0. The Morgan fingerprint density at radius 3 is 2.90 bits per heavy atom. The average Bonchev–Trinajstić information content (AvgIpc) is 2.96. The lowest BCUT2D eigenvalue weighted by Gasteiger charge is -2.35. The Kier molecular flexibility index (Phi) is 4.15. The second-order valence-corrected chi connectivity index (χ2v) is 6.31. The lowest BCUT2D eigenvalue weighted by atomic mass is 9.97.